The molecule has 2 fully saturated rings. The molecule has 21 heavy (non-hydrogen) atoms. The van der Waals surface area contributed by atoms with Gasteiger partial charge in [-0.25, -0.2) is 0 Å². The first-order valence-corrected chi connectivity index (χ1v) is 7.98. The van der Waals surface area contributed by atoms with Crippen LogP contribution in [0, 0.1) is 6.92 Å². The van der Waals surface area contributed by atoms with Crippen LogP contribution in [0.25, 0.3) is 10.8 Å². The molecule has 6 nitrogen and oxygen atoms in total. The summed E-state index contributed by atoms with van der Waals surface area (Å²) in [5, 5.41) is 14.4. The molecular weight excluding hydrogens is 288 g/mol. The number of aryl methyl sites for hydroxylation is 1. The molecule has 0 aliphatic carbocycles. The fourth-order valence-corrected chi connectivity index (χ4v) is 4.02. The van der Waals surface area contributed by atoms with Gasteiger partial charge in [0.2, 0.25) is 5.89 Å². The van der Waals surface area contributed by atoms with Crippen molar-refractivity contribution in [3.8, 4) is 10.8 Å². The van der Waals surface area contributed by atoms with Gasteiger partial charge in [0, 0.05) is 25.0 Å². The smallest absolute Gasteiger partial charge is 0.261 e. The van der Waals surface area contributed by atoms with Gasteiger partial charge in [-0.15, -0.1) is 21.5 Å². The number of carbonyl (C=O) groups excluding carboxylic acids is 1. The Hall–Kier alpha value is -1.73. The topological polar surface area (TPSA) is 80.0 Å². The summed E-state index contributed by atoms with van der Waals surface area (Å²) in [5.41, 5.74) is 0. The van der Waals surface area contributed by atoms with Gasteiger partial charge in [0.15, 0.2) is 0 Å². The van der Waals surface area contributed by atoms with Crippen molar-refractivity contribution in [1.82, 2.24) is 20.8 Å². The third kappa shape index (κ3) is 2.36. The Balaban J connectivity index is 1.46. The zero-order chi connectivity index (χ0) is 14.4. The summed E-state index contributed by atoms with van der Waals surface area (Å²) in [4.78, 5) is 13.8. The van der Waals surface area contributed by atoms with Crippen molar-refractivity contribution in [3.05, 3.63) is 22.9 Å². The maximum absolute atomic E-state index is 12.3. The van der Waals surface area contributed by atoms with Gasteiger partial charge in [-0.2, -0.15) is 0 Å². The van der Waals surface area contributed by atoms with E-state index in [4.69, 9.17) is 4.42 Å². The molecule has 4 heterocycles. The van der Waals surface area contributed by atoms with E-state index in [0.29, 0.717) is 28.7 Å². The van der Waals surface area contributed by atoms with Crippen LogP contribution in [0.5, 0.6) is 0 Å². The SMILES string of the molecule is Cc1nnc(-c2ccc(C(=O)NC3CC4CCC3N4)s2)o1. The summed E-state index contributed by atoms with van der Waals surface area (Å²) in [6.45, 7) is 1.75. The van der Waals surface area contributed by atoms with Gasteiger partial charge < -0.3 is 15.1 Å². The second-order valence-electron chi connectivity index (χ2n) is 5.65. The average Bonchev–Trinajstić information content (AvgIpc) is 3.22. The minimum Gasteiger partial charge on any atom is -0.420 e. The summed E-state index contributed by atoms with van der Waals surface area (Å²) >= 11 is 1.38. The molecule has 1 amide bonds. The van der Waals surface area contributed by atoms with Crippen LogP contribution in [0.1, 0.15) is 34.8 Å². The van der Waals surface area contributed by atoms with E-state index in [2.05, 4.69) is 20.8 Å². The Morgan fingerprint density at radius 1 is 1.43 bits per heavy atom. The van der Waals surface area contributed by atoms with Crippen molar-refractivity contribution in [2.24, 2.45) is 0 Å². The van der Waals surface area contributed by atoms with E-state index in [1.807, 2.05) is 12.1 Å². The minimum atomic E-state index is -0.0122. The Morgan fingerprint density at radius 2 is 2.33 bits per heavy atom. The largest absolute Gasteiger partial charge is 0.420 e. The summed E-state index contributed by atoms with van der Waals surface area (Å²) in [5.74, 6) is 0.984. The highest BCUT2D eigenvalue weighted by Crippen LogP contribution is 2.30. The van der Waals surface area contributed by atoms with Crippen LogP contribution in [-0.2, 0) is 0 Å². The van der Waals surface area contributed by atoms with E-state index in [9.17, 15) is 4.79 Å². The van der Waals surface area contributed by atoms with Crippen LogP contribution < -0.4 is 10.6 Å². The molecule has 2 aliphatic rings. The van der Waals surface area contributed by atoms with Crippen molar-refractivity contribution in [2.45, 2.75) is 44.3 Å². The van der Waals surface area contributed by atoms with Crippen LogP contribution >= 0.6 is 11.3 Å². The maximum Gasteiger partial charge on any atom is 0.261 e. The van der Waals surface area contributed by atoms with Crippen molar-refractivity contribution in [1.29, 1.82) is 0 Å². The number of nitrogens with zero attached hydrogens (tertiary/aromatic N) is 2. The van der Waals surface area contributed by atoms with Crippen LogP contribution in [-0.4, -0.2) is 34.2 Å². The number of rotatable bonds is 3. The molecule has 3 atom stereocenters. The molecule has 0 radical (unpaired) electrons. The van der Waals surface area contributed by atoms with Crippen LogP contribution in [0.15, 0.2) is 16.5 Å². The van der Waals surface area contributed by atoms with E-state index in [1.54, 1.807) is 6.92 Å². The second-order valence-corrected chi connectivity index (χ2v) is 6.74. The predicted molar refractivity (Wildman–Crippen MR) is 78.2 cm³/mol. The quantitative estimate of drug-likeness (QED) is 0.902. The fourth-order valence-electron chi connectivity index (χ4n) is 3.19. The van der Waals surface area contributed by atoms with Gasteiger partial charge in [0.1, 0.15) is 0 Å². The molecule has 0 saturated carbocycles. The van der Waals surface area contributed by atoms with Crippen LogP contribution in [0.2, 0.25) is 0 Å². The standard InChI is InChI=1S/C14H16N4O2S/c1-7-17-18-14(20-7)12-5-4-11(21-12)13(19)16-10-6-8-2-3-9(10)15-8/h4-5,8-10,15H,2-3,6H2,1H3,(H,16,19). The van der Waals surface area contributed by atoms with E-state index < -0.39 is 0 Å². The Bertz CT molecular complexity index is 680. The fraction of sp³-hybridized carbons (Fsp3) is 0.500. The van der Waals surface area contributed by atoms with Gasteiger partial charge in [-0.1, -0.05) is 0 Å². The van der Waals surface area contributed by atoms with E-state index in [-0.39, 0.29) is 11.9 Å². The van der Waals surface area contributed by atoms with Crippen molar-refractivity contribution < 1.29 is 9.21 Å². The highest BCUT2D eigenvalue weighted by atomic mass is 32.1. The monoisotopic (exact) mass is 304 g/mol. The normalized spacial score (nSPS) is 27.2. The van der Waals surface area contributed by atoms with Crippen LogP contribution in [0.4, 0.5) is 0 Å². The molecule has 2 N–H and O–H groups in total. The van der Waals surface area contributed by atoms with Gasteiger partial charge in [-0.3, -0.25) is 4.79 Å². The number of amides is 1. The molecule has 2 bridgehead atoms. The number of hydrogen-bond donors (Lipinski definition) is 2. The molecule has 4 rings (SSSR count). The third-order valence-electron chi connectivity index (χ3n) is 4.18. The van der Waals surface area contributed by atoms with Crippen molar-refractivity contribution >= 4 is 17.2 Å². The van der Waals surface area contributed by atoms with Gasteiger partial charge >= 0.3 is 0 Å². The van der Waals surface area contributed by atoms with Crippen molar-refractivity contribution in [3.63, 3.8) is 0 Å². The number of aromatic nitrogens is 2. The lowest BCUT2D eigenvalue weighted by atomic mass is 9.95. The lowest BCUT2D eigenvalue weighted by molar-refractivity contribution is 0.0935. The zero-order valence-electron chi connectivity index (χ0n) is 11.6. The number of nitrogens with one attached hydrogen (secondary N) is 2. The first-order valence-electron chi connectivity index (χ1n) is 7.16. The molecule has 2 aromatic rings. The van der Waals surface area contributed by atoms with E-state index >= 15 is 0 Å². The van der Waals surface area contributed by atoms with Gasteiger partial charge in [0.05, 0.1) is 9.75 Å². The summed E-state index contributed by atoms with van der Waals surface area (Å²) in [7, 11) is 0. The highest BCUT2D eigenvalue weighted by Gasteiger charge is 2.39. The zero-order valence-corrected chi connectivity index (χ0v) is 12.4. The van der Waals surface area contributed by atoms with Gasteiger partial charge in [0.25, 0.3) is 11.8 Å². The Morgan fingerprint density at radius 3 is 3.00 bits per heavy atom. The lowest BCUT2D eigenvalue weighted by Crippen LogP contribution is -2.42. The molecule has 110 valence electrons. The van der Waals surface area contributed by atoms with Gasteiger partial charge in [-0.05, 0) is 31.4 Å². The van der Waals surface area contributed by atoms with E-state index in [1.165, 1.54) is 17.8 Å². The predicted octanol–water partition coefficient (Wildman–Crippen LogP) is 1.73. The summed E-state index contributed by atoms with van der Waals surface area (Å²) in [6.07, 6.45) is 3.43. The number of carbonyl (C=O) groups is 1. The molecule has 0 spiro atoms. The molecule has 3 unspecified atom stereocenters. The second kappa shape index (κ2) is 4.92. The highest BCUT2D eigenvalue weighted by molar-refractivity contribution is 7.17. The molecule has 0 aromatic carbocycles. The van der Waals surface area contributed by atoms with Crippen LogP contribution in [0.3, 0.4) is 0 Å². The third-order valence-corrected chi connectivity index (χ3v) is 5.26. The molecule has 2 saturated heterocycles. The number of fused-ring (bicyclic) bond motifs is 2. The maximum atomic E-state index is 12.3. The molecule has 7 heteroatoms. The first-order chi connectivity index (χ1) is 10.2. The number of hydrogen-bond acceptors (Lipinski definition) is 6. The lowest BCUT2D eigenvalue weighted by Gasteiger charge is -2.20. The van der Waals surface area contributed by atoms with E-state index in [0.717, 1.165) is 17.7 Å². The summed E-state index contributed by atoms with van der Waals surface area (Å²) in [6, 6.07) is 4.95. The molecule has 2 aliphatic heterocycles. The first kappa shape index (κ1) is 13.0. The van der Waals surface area contributed by atoms with Crippen molar-refractivity contribution in [2.75, 3.05) is 0 Å². The Labute approximate surface area is 126 Å². The number of thiophene rings is 1. The molecular formula is C14H16N4O2S. The Kier molecular flexibility index (Phi) is 3.04. The molecule has 2 aromatic heterocycles. The minimum absolute atomic E-state index is 0.0122. The summed E-state index contributed by atoms with van der Waals surface area (Å²) < 4.78 is 5.38. The average molecular weight is 304 g/mol.